The van der Waals surface area contributed by atoms with Gasteiger partial charge in [-0.2, -0.15) is 0 Å². The molecule has 0 aliphatic carbocycles. The van der Waals surface area contributed by atoms with Crippen LogP contribution in [0.2, 0.25) is 0 Å². The zero-order valence-electron chi connectivity index (χ0n) is 29.1. The lowest BCUT2D eigenvalue weighted by atomic mass is 10.2. The summed E-state index contributed by atoms with van der Waals surface area (Å²) in [6.07, 6.45) is 6.85. The normalized spacial score (nSPS) is 15.5. The molecule has 2 saturated heterocycles. The lowest BCUT2D eigenvalue weighted by Gasteiger charge is -2.15. The minimum absolute atomic E-state index is 0.0898. The highest BCUT2D eigenvalue weighted by Gasteiger charge is 2.34. The van der Waals surface area contributed by atoms with Crippen molar-refractivity contribution in [3.8, 4) is 0 Å². The molecular formula is C35H38N10O6S. The van der Waals surface area contributed by atoms with Gasteiger partial charge in [-0.25, -0.2) is 37.9 Å². The fourth-order valence-corrected chi connectivity index (χ4v) is 5.13. The summed E-state index contributed by atoms with van der Waals surface area (Å²) in [6.45, 7) is 0.518. The second-order valence-corrected chi connectivity index (χ2v) is 13.3. The molecule has 270 valence electrons. The predicted molar refractivity (Wildman–Crippen MR) is 193 cm³/mol. The van der Waals surface area contributed by atoms with Gasteiger partial charge in [0.15, 0.2) is 0 Å². The summed E-state index contributed by atoms with van der Waals surface area (Å²) >= 11 is 0. The Bertz CT molecular complexity index is 2090. The lowest BCUT2D eigenvalue weighted by molar-refractivity contribution is -0.116. The molecule has 17 heteroatoms. The molecule has 0 unspecified atom stereocenters. The fourth-order valence-electron chi connectivity index (χ4n) is 4.61. The molecule has 6 rings (SSSR count). The highest BCUT2D eigenvalue weighted by atomic mass is 32.2. The van der Waals surface area contributed by atoms with E-state index in [1.807, 2.05) is 88.9 Å². The van der Waals surface area contributed by atoms with Gasteiger partial charge >= 0.3 is 12.1 Å². The maximum atomic E-state index is 12.1. The van der Waals surface area contributed by atoms with Crippen molar-refractivity contribution in [3.05, 3.63) is 119 Å². The topological polar surface area (TPSA) is 200 Å². The Kier molecular flexibility index (Phi) is 13.0. The standard InChI is InChI=1S/C17H17N5O2.C16H14N4O4S.C2H7N/c1-21(2)16-18-9-8-13(19-16)10-14-15(23)20-17(24)22(14)11-12-6-4-3-5-7-12;1-25(23,24)15-17-8-7-12(18-15)9-13-14(21)19-16(22)20(13)10-11-5-3-2-4-6-11;1-3-2/h3-10H,11H2,1-2H3,(H,20,23,24);2-9H,10H2,1H3,(H,19,21,22);3H,1-2H3/b14-10-;13-9-;. The van der Waals surface area contributed by atoms with E-state index in [0.29, 0.717) is 18.2 Å². The minimum atomic E-state index is -3.58. The summed E-state index contributed by atoms with van der Waals surface area (Å²) in [6, 6.07) is 20.8. The van der Waals surface area contributed by atoms with Crippen molar-refractivity contribution < 1.29 is 27.6 Å². The van der Waals surface area contributed by atoms with Crippen molar-refractivity contribution in [2.24, 2.45) is 0 Å². The van der Waals surface area contributed by atoms with Crippen LogP contribution in [0.25, 0.3) is 12.2 Å². The van der Waals surface area contributed by atoms with E-state index in [0.717, 1.165) is 17.4 Å². The van der Waals surface area contributed by atoms with Crippen molar-refractivity contribution in [1.29, 1.82) is 0 Å². The molecular weight excluding hydrogens is 689 g/mol. The second-order valence-electron chi connectivity index (χ2n) is 11.4. The third-order valence-electron chi connectivity index (χ3n) is 6.97. The van der Waals surface area contributed by atoms with E-state index >= 15 is 0 Å². The Hall–Kier alpha value is -6.33. The predicted octanol–water partition coefficient (Wildman–Crippen LogP) is 2.44. The number of urea groups is 2. The molecule has 4 aromatic rings. The maximum Gasteiger partial charge on any atom is 0.329 e. The van der Waals surface area contributed by atoms with E-state index in [9.17, 15) is 27.6 Å². The molecule has 6 amide bonds. The molecule has 2 aromatic heterocycles. The molecule has 3 N–H and O–H groups in total. The molecule has 52 heavy (non-hydrogen) atoms. The van der Waals surface area contributed by atoms with Crippen molar-refractivity contribution in [2.45, 2.75) is 18.2 Å². The van der Waals surface area contributed by atoms with Gasteiger partial charge in [-0.15, -0.1) is 0 Å². The van der Waals surface area contributed by atoms with E-state index in [4.69, 9.17) is 0 Å². The van der Waals surface area contributed by atoms with Gasteiger partial charge in [-0.05, 0) is 49.5 Å². The number of amides is 6. The molecule has 0 spiro atoms. The van der Waals surface area contributed by atoms with Crippen LogP contribution in [-0.2, 0) is 32.5 Å². The van der Waals surface area contributed by atoms with Gasteiger partial charge < -0.3 is 10.2 Å². The highest BCUT2D eigenvalue weighted by molar-refractivity contribution is 7.90. The smallest absolute Gasteiger partial charge is 0.329 e. The molecule has 0 atom stereocenters. The largest absolute Gasteiger partial charge is 0.347 e. The molecule has 2 aliphatic heterocycles. The number of hydrogen-bond acceptors (Lipinski definition) is 12. The Labute approximate surface area is 301 Å². The van der Waals surface area contributed by atoms with E-state index in [-0.39, 0.29) is 28.8 Å². The fraction of sp³-hybridized carbons (Fsp3) is 0.200. The summed E-state index contributed by atoms with van der Waals surface area (Å²) in [5.41, 5.74) is 2.92. The summed E-state index contributed by atoms with van der Waals surface area (Å²) in [5, 5.41) is 6.95. The van der Waals surface area contributed by atoms with Crippen LogP contribution in [0.5, 0.6) is 0 Å². The van der Waals surface area contributed by atoms with Gasteiger partial charge in [-0.1, -0.05) is 60.7 Å². The molecule has 0 radical (unpaired) electrons. The number of carbonyl (C=O) groups excluding carboxylic acids is 4. The molecule has 2 aromatic carbocycles. The molecule has 16 nitrogen and oxygen atoms in total. The van der Waals surface area contributed by atoms with Crippen molar-refractivity contribution in [1.82, 2.24) is 45.7 Å². The van der Waals surface area contributed by atoms with Crippen LogP contribution in [0.3, 0.4) is 0 Å². The quantitative estimate of drug-likeness (QED) is 0.136. The average molecular weight is 727 g/mol. The minimum Gasteiger partial charge on any atom is -0.347 e. The van der Waals surface area contributed by atoms with Gasteiger partial charge in [0.05, 0.1) is 24.5 Å². The Morgan fingerprint density at radius 2 is 1.12 bits per heavy atom. The maximum absolute atomic E-state index is 12.1. The van der Waals surface area contributed by atoms with E-state index < -0.39 is 33.7 Å². The average Bonchev–Trinajstić information content (AvgIpc) is 3.53. The lowest BCUT2D eigenvalue weighted by Crippen LogP contribution is -2.27. The number of nitrogens with one attached hydrogen (secondary N) is 3. The zero-order chi connectivity index (χ0) is 37.8. The van der Waals surface area contributed by atoms with E-state index in [2.05, 4.69) is 35.9 Å². The number of carbonyl (C=O) groups is 4. The van der Waals surface area contributed by atoms with Gasteiger partial charge in [0.1, 0.15) is 11.4 Å². The molecule has 2 fully saturated rings. The summed E-state index contributed by atoms with van der Waals surface area (Å²) in [5.74, 6) is -0.468. The zero-order valence-corrected chi connectivity index (χ0v) is 30.0. The Morgan fingerprint density at radius 3 is 1.54 bits per heavy atom. The first-order valence-electron chi connectivity index (χ1n) is 15.7. The number of hydrogen-bond donors (Lipinski definition) is 3. The van der Waals surface area contributed by atoms with Crippen LogP contribution in [0.15, 0.2) is 102 Å². The van der Waals surface area contributed by atoms with Crippen molar-refractivity contribution >= 4 is 51.8 Å². The molecule has 2 aliphatic rings. The van der Waals surface area contributed by atoms with Crippen molar-refractivity contribution in [2.75, 3.05) is 39.3 Å². The SMILES string of the molecule is CN(C)c1nccc(/C=C2/C(=O)NC(=O)N2Cc2ccccc2)n1.CNC.CS(=O)(=O)c1nccc(/C=C2/C(=O)NC(=O)N2Cc2ccccc2)n1. The molecule has 0 bridgehead atoms. The number of benzene rings is 2. The van der Waals surface area contributed by atoms with Crippen LogP contribution < -0.4 is 20.9 Å². The number of anilines is 1. The first-order chi connectivity index (χ1) is 24.8. The number of rotatable bonds is 8. The van der Waals surface area contributed by atoms with Crippen LogP contribution in [0.4, 0.5) is 15.5 Å². The third kappa shape index (κ3) is 10.3. The Morgan fingerprint density at radius 1 is 0.692 bits per heavy atom. The highest BCUT2D eigenvalue weighted by Crippen LogP contribution is 2.21. The number of aromatic nitrogens is 4. The van der Waals surface area contributed by atoms with Crippen LogP contribution in [0.1, 0.15) is 22.5 Å². The third-order valence-corrected chi connectivity index (χ3v) is 7.83. The number of nitrogens with zero attached hydrogens (tertiary/aromatic N) is 7. The van der Waals surface area contributed by atoms with E-state index in [1.54, 1.807) is 23.2 Å². The summed E-state index contributed by atoms with van der Waals surface area (Å²) in [7, 11) is 3.84. The summed E-state index contributed by atoms with van der Waals surface area (Å²) < 4.78 is 23.1. The van der Waals surface area contributed by atoms with Crippen LogP contribution >= 0.6 is 0 Å². The molecule has 0 saturated carbocycles. The van der Waals surface area contributed by atoms with Crippen molar-refractivity contribution in [3.63, 3.8) is 0 Å². The van der Waals surface area contributed by atoms with Gasteiger partial charge in [0.2, 0.25) is 20.9 Å². The van der Waals surface area contributed by atoms with Crippen LogP contribution in [0, 0.1) is 0 Å². The second kappa shape index (κ2) is 17.6. The van der Waals surface area contributed by atoms with Gasteiger partial charge in [-0.3, -0.25) is 30.0 Å². The Balaban J connectivity index is 0.000000217. The number of sulfone groups is 1. The number of imide groups is 2. The first-order valence-corrected chi connectivity index (χ1v) is 17.6. The molecule has 4 heterocycles. The summed E-state index contributed by atoms with van der Waals surface area (Å²) in [4.78, 5) is 68.9. The van der Waals surface area contributed by atoms with Crippen LogP contribution in [-0.4, -0.2) is 96.5 Å². The van der Waals surface area contributed by atoms with E-state index in [1.165, 1.54) is 28.1 Å². The van der Waals surface area contributed by atoms with Gasteiger partial charge in [0.25, 0.3) is 11.8 Å². The first kappa shape index (κ1) is 38.5. The van der Waals surface area contributed by atoms with Gasteiger partial charge in [0, 0.05) is 32.7 Å². The monoisotopic (exact) mass is 726 g/mol.